The number of carbonyl (C=O) groups excluding carboxylic acids is 4. The van der Waals surface area contributed by atoms with E-state index in [-0.39, 0.29) is 32.5 Å². The molecule has 1 aliphatic heterocycles. The molecule has 5 rings (SSSR count). The average molecular weight is 664 g/mol. The smallest absolute Gasteiger partial charge is 0.306 e. The second kappa shape index (κ2) is 17.6. The number of hydrogen-bond donors (Lipinski definition) is 4. The summed E-state index contributed by atoms with van der Waals surface area (Å²) in [5, 5.41) is 20.3. The van der Waals surface area contributed by atoms with Gasteiger partial charge in [0, 0.05) is 18.5 Å². The number of carbonyl (C=O) groups is 4. The molecule has 0 radical (unpaired) electrons. The molecule has 49 heavy (non-hydrogen) atoms. The first-order chi connectivity index (χ1) is 23.9. The third-order valence-corrected chi connectivity index (χ3v) is 8.21. The van der Waals surface area contributed by atoms with Crippen molar-refractivity contribution in [3.05, 3.63) is 120 Å². The van der Waals surface area contributed by atoms with Gasteiger partial charge in [-0.25, -0.2) is 0 Å². The summed E-state index contributed by atoms with van der Waals surface area (Å²) >= 11 is 0. The van der Waals surface area contributed by atoms with Crippen molar-refractivity contribution in [1.29, 1.82) is 0 Å². The zero-order chi connectivity index (χ0) is 34.4. The van der Waals surface area contributed by atoms with Crippen molar-refractivity contribution >= 4 is 40.2 Å². The number of nitrogens with one attached hydrogen (secondary N) is 3. The van der Waals surface area contributed by atoms with Gasteiger partial charge in [0.15, 0.2) is 0 Å². The van der Waals surface area contributed by atoms with Crippen LogP contribution in [0.4, 0.5) is 5.69 Å². The molecule has 1 aliphatic rings. The maximum atomic E-state index is 13.5. The first kappa shape index (κ1) is 34.8. The number of benzene rings is 4. The van der Waals surface area contributed by atoms with Crippen LogP contribution in [0.5, 0.6) is 5.75 Å². The third-order valence-electron chi connectivity index (χ3n) is 8.21. The molecule has 4 aromatic rings. The van der Waals surface area contributed by atoms with Gasteiger partial charge < -0.3 is 30.5 Å². The Bertz CT molecular complexity index is 1760. The van der Waals surface area contributed by atoms with Gasteiger partial charge >= 0.3 is 5.97 Å². The van der Waals surface area contributed by atoms with Crippen LogP contribution in [0.15, 0.2) is 109 Å². The molecule has 0 saturated carbocycles. The van der Waals surface area contributed by atoms with Gasteiger partial charge in [0.25, 0.3) is 5.91 Å². The lowest BCUT2D eigenvalue weighted by Gasteiger charge is -2.23. The van der Waals surface area contributed by atoms with Crippen LogP contribution in [0.1, 0.15) is 36.8 Å². The maximum absolute atomic E-state index is 13.5. The largest absolute Gasteiger partial charge is 0.489 e. The fourth-order valence-electron chi connectivity index (χ4n) is 5.50. The number of amides is 3. The van der Waals surface area contributed by atoms with Gasteiger partial charge in [-0.1, -0.05) is 84.9 Å². The Morgan fingerprint density at radius 1 is 0.898 bits per heavy atom. The van der Waals surface area contributed by atoms with Crippen LogP contribution in [0.3, 0.4) is 0 Å². The Kier molecular flexibility index (Phi) is 12.5. The van der Waals surface area contributed by atoms with E-state index in [0.29, 0.717) is 30.9 Å². The minimum absolute atomic E-state index is 0.118. The van der Waals surface area contributed by atoms with E-state index in [1.165, 1.54) is 0 Å². The Morgan fingerprint density at radius 2 is 1.65 bits per heavy atom. The van der Waals surface area contributed by atoms with Crippen molar-refractivity contribution in [2.45, 2.75) is 50.8 Å². The molecule has 10 nitrogen and oxygen atoms in total. The van der Waals surface area contributed by atoms with E-state index in [1.807, 2.05) is 91.0 Å². The SMILES string of the molecule is O=C(C[C@H]1CC=CCCC(=O)OC[C@@H](C(=O)Nc2ccc3ccccc3c2)NC1=O)N[C@H](CO)Cc1ccc(OCc2ccccc2)cc1. The van der Waals surface area contributed by atoms with E-state index in [1.54, 1.807) is 18.2 Å². The molecular formula is C39H41N3O7. The molecule has 254 valence electrons. The van der Waals surface area contributed by atoms with Gasteiger partial charge in [0.1, 0.15) is 25.0 Å². The average Bonchev–Trinajstić information content (AvgIpc) is 3.11. The molecule has 3 amide bonds. The van der Waals surface area contributed by atoms with Crippen LogP contribution in [0.25, 0.3) is 10.8 Å². The Balaban J connectivity index is 1.19. The van der Waals surface area contributed by atoms with Gasteiger partial charge in [-0.2, -0.15) is 0 Å². The van der Waals surface area contributed by atoms with Crippen LogP contribution in [-0.4, -0.2) is 54.1 Å². The summed E-state index contributed by atoms with van der Waals surface area (Å²) in [5.41, 5.74) is 2.48. The van der Waals surface area contributed by atoms with Gasteiger partial charge in [-0.05, 0) is 65.4 Å². The summed E-state index contributed by atoms with van der Waals surface area (Å²) in [6.07, 6.45) is 4.47. The zero-order valence-corrected chi connectivity index (χ0v) is 27.2. The molecule has 3 atom stereocenters. The first-order valence-corrected chi connectivity index (χ1v) is 16.4. The molecule has 0 fully saturated rings. The number of rotatable bonds is 11. The van der Waals surface area contributed by atoms with E-state index in [0.717, 1.165) is 21.9 Å². The Hall–Kier alpha value is -5.48. The van der Waals surface area contributed by atoms with Gasteiger partial charge in [-0.15, -0.1) is 0 Å². The number of esters is 1. The van der Waals surface area contributed by atoms with Crippen molar-refractivity contribution in [3.63, 3.8) is 0 Å². The fourth-order valence-corrected chi connectivity index (χ4v) is 5.50. The lowest BCUT2D eigenvalue weighted by molar-refractivity contribution is -0.146. The van der Waals surface area contributed by atoms with Gasteiger partial charge in [0.05, 0.1) is 18.6 Å². The third kappa shape index (κ3) is 10.8. The van der Waals surface area contributed by atoms with Crippen LogP contribution in [0, 0.1) is 5.92 Å². The lowest BCUT2D eigenvalue weighted by atomic mass is 9.97. The standard InChI is InChI=1S/C39H41N3O7/c43-24-33(21-27-15-19-34(20-16-27)48-25-28-9-3-1-4-10-28)40-36(44)23-31-13-5-2-6-14-37(45)49-26-35(42-38(31)46)39(47)41-32-18-17-29-11-7-8-12-30(29)22-32/h1-5,7-12,15-20,22,31,33,35,43H,6,13-14,21,23-26H2,(H,40,44)(H,41,47)(H,42,46)/t31-,33+,35+/m1/s1. The van der Waals surface area contributed by atoms with E-state index >= 15 is 0 Å². The molecule has 0 saturated heterocycles. The van der Waals surface area contributed by atoms with Crippen molar-refractivity contribution in [2.75, 3.05) is 18.5 Å². The van der Waals surface area contributed by atoms with Crippen molar-refractivity contribution in [2.24, 2.45) is 5.92 Å². The summed E-state index contributed by atoms with van der Waals surface area (Å²) in [6, 6.07) is 28.7. The molecule has 0 aliphatic carbocycles. The first-order valence-electron chi connectivity index (χ1n) is 16.4. The molecule has 1 heterocycles. The zero-order valence-electron chi connectivity index (χ0n) is 27.2. The predicted molar refractivity (Wildman–Crippen MR) is 187 cm³/mol. The summed E-state index contributed by atoms with van der Waals surface area (Å²) in [7, 11) is 0. The monoisotopic (exact) mass is 663 g/mol. The van der Waals surface area contributed by atoms with E-state index in [2.05, 4.69) is 16.0 Å². The van der Waals surface area contributed by atoms with Crippen LogP contribution in [0.2, 0.25) is 0 Å². The summed E-state index contributed by atoms with van der Waals surface area (Å²) in [4.78, 5) is 52.3. The highest BCUT2D eigenvalue weighted by Gasteiger charge is 2.29. The van der Waals surface area contributed by atoms with Crippen LogP contribution < -0.4 is 20.7 Å². The number of aliphatic hydroxyl groups is 1. The molecule has 0 bridgehead atoms. The highest BCUT2D eigenvalue weighted by Crippen LogP contribution is 2.20. The number of aliphatic hydroxyl groups excluding tert-OH is 1. The van der Waals surface area contributed by atoms with E-state index < -0.39 is 41.7 Å². The molecule has 0 aromatic heterocycles. The second-order valence-corrected chi connectivity index (χ2v) is 12.0. The molecule has 0 unspecified atom stereocenters. The topological polar surface area (TPSA) is 143 Å². The van der Waals surface area contributed by atoms with E-state index in [9.17, 15) is 24.3 Å². The van der Waals surface area contributed by atoms with Gasteiger partial charge in [-0.3, -0.25) is 19.2 Å². The molecule has 10 heteroatoms. The summed E-state index contributed by atoms with van der Waals surface area (Å²) in [5.74, 6) is -2.07. The minimum Gasteiger partial charge on any atom is -0.489 e. The van der Waals surface area contributed by atoms with Crippen molar-refractivity contribution in [1.82, 2.24) is 10.6 Å². The summed E-state index contributed by atoms with van der Waals surface area (Å²) < 4.78 is 11.2. The number of allylic oxidation sites excluding steroid dienone is 2. The molecular weight excluding hydrogens is 622 g/mol. The lowest BCUT2D eigenvalue weighted by Crippen LogP contribution is -2.50. The summed E-state index contributed by atoms with van der Waals surface area (Å²) in [6.45, 7) is -0.201. The highest BCUT2D eigenvalue weighted by atomic mass is 16.5. The van der Waals surface area contributed by atoms with Crippen LogP contribution >= 0.6 is 0 Å². The second-order valence-electron chi connectivity index (χ2n) is 12.0. The normalized spacial score (nSPS) is 17.5. The van der Waals surface area contributed by atoms with Gasteiger partial charge in [0.2, 0.25) is 11.8 Å². The Morgan fingerprint density at radius 3 is 2.43 bits per heavy atom. The quantitative estimate of drug-likeness (QED) is 0.133. The molecule has 4 N–H and O–H groups in total. The predicted octanol–water partition coefficient (Wildman–Crippen LogP) is 4.85. The fraction of sp³-hybridized carbons (Fsp3) is 0.282. The number of hydrogen-bond acceptors (Lipinski definition) is 7. The number of ether oxygens (including phenoxy) is 2. The molecule has 4 aromatic carbocycles. The maximum Gasteiger partial charge on any atom is 0.306 e. The van der Waals surface area contributed by atoms with Crippen molar-refractivity contribution < 1.29 is 33.8 Å². The number of anilines is 1. The Labute approximate surface area is 285 Å². The molecule has 0 spiro atoms. The van der Waals surface area contributed by atoms with Crippen molar-refractivity contribution in [3.8, 4) is 5.75 Å². The number of cyclic esters (lactones) is 1. The minimum atomic E-state index is -1.18. The number of fused-ring (bicyclic) bond motifs is 1. The van der Waals surface area contributed by atoms with E-state index in [4.69, 9.17) is 9.47 Å². The van der Waals surface area contributed by atoms with Crippen LogP contribution in [-0.2, 0) is 36.9 Å². The highest BCUT2D eigenvalue weighted by molar-refractivity contribution is 5.99.